The van der Waals surface area contributed by atoms with Gasteiger partial charge in [0.15, 0.2) is 0 Å². The van der Waals surface area contributed by atoms with Crippen molar-refractivity contribution >= 4 is 11.6 Å². The number of amides is 1. The molecule has 1 aliphatic heterocycles. The third-order valence-electron chi connectivity index (χ3n) is 3.70. The molecule has 1 aromatic carbocycles. The molecule has 7 nitrogen and oxygen atoms in total. The molecule has 0 unspecified atom stereocenters. The Morgan fingerprint density at radius 1 is 1.26 bits per heavy atom. The fourth-order valence-electron chi connectivity index (χ4n) is 2.32. The number of carbonyl (C=O) groups excluding carboxylic acids is 1. The van der Waals surface area contributed by atoms with Crippen LogP contribution < -0.4 is 15.8 Å². The molecule has 0 saturated carbocycles. The number of rotatable bonds is 4. The van der Waals surface area contributed by atoms with Crippen molar-refractivity contribution < 1.29 is 14.3 Å². The summed E-state index contributed by atoms with van der Waals surface area (Å²) < 4.78 is 10.9. The number of aromatic nitrogens is 2. The predicted molar refractivity (Wildman–Crippen MR) is 84.1 cm³/mol. The highest BCUT2D eigenvalue weighted by Crippen LogP contribution is 2.24. The smallest absolute Gasteiger partial charge is 0.244 e. The molecule has 0 atom stereocenters. The quantitative estimate of drug-likeness (QED) is 0.891. The maximum absolute atomic E-state index is 12.4. The molecule has 3 rings (SSSR count). The van der Waals surface area contributed by atoms with Crippen LogP contribution in [0, 0.1) is 0 Å². The lowest BCUT2D eigenvalue weighted by Crippen LogP contribution is -2.54. The monoisotopic (exact) mass is 314 g/mol. The number of nitrogens with zero attached hydrogens (tertiary/aromatic N) is 2. The van der Waals surface area contributed by atoms with Crippen molar-refractivity contribution in [2.24, 2.45) is 5.73 Å². The Morgan fingerprint density at radius 2 is 2.09 bits per heavy atom. The Hall–Kier alpha value is -2.51. The minimum absolute atomic E-state index is 0.211. The van der Waals surface area contributed by atoms with Crippen molar-refractivity contribution in [1.82, 2.24) is 10.2 Å². The first kappa shape index (κ1) is 15.4. The summed E-state index contributed by atoms with van der Waals surface area (Å²) in [6, 6.07) is 10.5. The average molecular weight is 314 g/mol. The second-order valence-electron chi connectivity index (χ2n) is 5.41. The van der Waals surface area contributed by atoms with E-state index in [0.717, 1.165) is 0 Å². The van der Waals surface area contributed by atoms with Gasteiger partial charge in [0.25, 0.3) is 0 Å². The molecule has 3 N–H and O–H groups in total. The van der Waals surface area contributed by atoms with E-state index in [-0.39, 0.29) is 5.91 Å². The van der Waals surface area contributed by atoms with E-state index in [4.69, 9.17) is 15.2 Å². The maximum atomic E-state index is 12.4. The van der Waals surface area contributed by atoms with Gasteiger partial charge in [0, 0.05) is 37.2 Å². The molecule has 0 bridgehead atoms. The number of nitrogens with two attached hydrogens (primary N) is 1. The fourth-order valence-corrected chi connectivity index (χ4v) is 2.32. The highest BCUT2D eigenvalue weighted by atomic mass is 16.5. The lowest BCUT2D eigenvalue weighted by atomic mass is 9.90. The first-order chi connectivity index (χ1) is 11.2. The van der Waals surface area contributed by atoms with Crippen molar-refractivity contribution in [3.63, 3.8) is 0 Å². The first-order valence-corrected chi connectivity index (χ1v) is 7.39. The average Bonchev–Trinajstić information content (AvgIpc) is 2.57. The molecular weight excluding hydrogens is 296 g/mol. The molecule has 2 aromatic rings. The molecule has 1 fully saturated rings. The summed E-state index contributed by atoms with van der Waals surface area (Å²) in [5.41, 5.74) is 5.90. The Labute approximate surface area is 133 Å². The van der Waals surface area contributed by atoms with Gasteiger partial charge in [-0.3, -0.25) is 4.79 Å². The van der Waals surface area contributed by atoms with Gasteiger partial charge in [-0.1, -0.05) is 6.07 Å². The number of carbonyl (C=O) groups is 1. The Kier molecular flexibility index (Phi) is 4.50. The summed E-state index contributed by atoms with van der Waals surface area (Å²) in [6.45, 7) is 0.999. The molecule has 2 heterocycles. The molecule has 1 aromatic heterocycles. The van der Waals surface area contributed by atoms with Crippen molar-refractivity contribution in [2.75, 3.05) is 18.5 Å². The van der Waals surface area contributed by atoms with Gasteiger partial charge in [-0.25, -0.2) is 0 Å². The van der Waals surface area contributed by atoms with E-state index in [1.807, 2.05) is 0 Å². The number of hydrogen-bond donors (Lipinski definition) is 2. The van der Waals surface area contributed by atoms with E-state index in [2.05, 4.69) is 15.5 Å². The van der Waals surface area contributed by atoms with E-state index >= 15 is 0 Å². The lowest BCUT2D eigenvalue weighted by Gasteiger charge is -2.31. The molecule has 23 heavy (non-hydrogen) atoms. The summed E-state index contributed by atoms with van der Waals surface area (Å²) in [5.74, 6) is 0.731. The third kappa shape index (κ3) is 3.82. The molecular formula is C16H18N4O3. The predicted octanol–water partition coefficient (Wildman–Crippen LogP) is 1.72. The topological polar surface area (TPSA) is 99.4 Å². The second kappa shape index (κ2) is 6.72. The SMILES string of the molecule is NC1(C(=O)Nc2cccc(Oc3cccnn3)c2)CCOCC1. The van der Waals surface area contributed by atoms with Gasteiger partial charge in [0.1, 0.15) is 11.3 Å². The number of nitrogens with one attached hydrogen (secondary N) is 1. The molecule has 7 heteroatoms. The molecule has 0 aliphatic carbocycles. The molecule has 1 saturated heterocycles. The van der Waals surface area contributed by atoms with Crippen LogP contribution in [0.4, 0.5) is 5.69 Å². The van der Waals surface area contributed by atoms with Crippen LogP contribution in [0.15, 0.2) is 42.6 Å². The van der Waals surface area contributed by atoms with Crippen LogP contribution in [-0.4, -0.2) is 34.9 Å². The van der Waals surface area contributed by atoms with Crippen molar-refractivity contribution in [3.8, 4) is 11.6 Å². The summed E-state index contributed by atoms with van der Waals surface area (Å²) in [4.78, 5) is 12.4. The lowest BCUT2D eigenvalue weighted by molar-refractivity contribution is -0.124. The Balaban J connectivity index is 1.69. The minimum atomic E-state index is -0.889. The van der Waals surface area contributed by atoms with Crippen molar-refractivity contribution in [3.05, 3.63) is 42.6 Å². The van der Waals surface area contributed by atoms with E-state index in [9.17, 15) is 4.79 Å². The van der Waals surface area contributed by atoms with Crippen LogP contribution in [0.3, 0.4) is 0 Å². The minimum Gasteiger partial charge on any atom is -0.437 e. The van der Waals surface area contributed by atoms with E-state index < -0.39 is 5.54 Å². The third-order valence-corrected chi connectivity index (χ3v) is 3.70. The first-order valence-electron chi connectivity index (χ1n) is 7.39. The number of benzene rings is 1. The molecule has 1 aliphatic rings. The van der Waals surface area contributed by atoms with E-state index in [1.54, 1.807) is 42.6 Å². The largest absolute Gasteiger partial charge is 0.437 e. The maximum Gasteiger partial charge on any atom is 0.244 e. The molecule has 1 amide bonds. The zero-order valence-corrected chi connectivity index (χ0v) is 12.6. The molecule has 120 valence electrons. The normalized spacial score (nSPS) is 16.6. The summed E-state index contributed by atoms with van der Waals surface area (Å²) in [7, 11) is 0. The van der Waals surface area contributed by atoms with Gasteiger partial charge < -0.3 is 20.5 Å². The number of anilines is 1. The second-order valence-corrected chi connectivity index (χ2v) is 5.41. The Morgan fingerprint density at radius 3 is 2.83 bits per heavy atom. The van der Waals surface area contributed by atoms with Crippen LogP contribution >= 0.6 is 0 Å². The van der Waals surface area contributed by atoms with Gasteiger partial charge in [-0.15, -0.1) is 5.10 Å². The van der Waals surface area contributed by atoms with Gasteiger partial charge in [0.05, 0.1) is 0 Å². The molecule has 0 radical (unpaired) electrons. The van der Waals surface area contributed by atoms with Crippen molar-refractivity contribution in [1.29, 1.82) is 0 Å². The van der Waals surface area contributed by atoms with E-state index in [1.165, 1.54) is 0 Å². The highest BCUT2D eigenvalue weighted by molar-refractivity contribution is 5.98. The van der Waals surface area contributed by atoms with Gasteiger partial charge in [-0.2, -0.15) is 5.10 Å². The van der Waals surface area contributed by atoms with Crippen LogP contribution in [0.1, 0.15) is 12.8 Å². The standard InChI is InChI=1S/C16H18N4O3/c17-16(6-9-22-10-7-16)15(21)19-12-3-1-4-13(11-12)23-14-5-2-8-18-20-14/h1-5,8,11H,6-7,9-10,17H2,(H,19,21). The van der Waals surface area contributed by atoms with Crippen LogP contribution in [-0.2, 0) is 9.53 Å². The zero-order valence-electron chi connectivity index (χ0n) is 12.6. The fraction of sp³-hybridized carbons (Fsp3) is 0.312. The summed E-state index contributed by atoms with van der Waals surface area (Å²) in [5, 5.41) is 10.4. The number of hydrogen-bond acceptors (Lipinski definition) is 6. The van der Waals surface area contributed by atoms with Gasteiger partial charge in [0.2, 0.25) is 11.8 Å². The van der Waals surface area contributed by atoms with Crippen LogP contribution in [0.25, 0.3) is 0 Å². The van der Waals surface area contributed by atoms with Gasteiger partial charge >= 0.3 is 0 Å². The summed E-state index contributed by atoms with van der Waals surface area (Å²) in [6.07, 6.45) is 2.58. The van der Waals surface area contributed by atoms with Crippen LogP contribution in [0.5, 0.6) is 11.6 Å². The summed E-state index contributed by atoms with van der Waals surface area (Å²) >= 11 is 0. The molecule has 0 spiro atoms. The van der Waals surface area contributed by atoms with Crippen LogP contribution in [0.2, 0.25) is 0 Å². The van der Waals surface area contributed by atoms with Crippen molar-refractivity contribution in [2.45, 2.75) is 18.4 Å². The number of ether oxygens (including phenoxy) is 2. The van der Waals surface area contributed by atoms with E-state index in [0.29, 0.717) is 43.4 Å². The Bertz CT molecular complexity index is 672. The highest BCUT2D eigenvalue weighted by Gasteiger charge is 2.35. The van der Waals surface area contributed by atoms with Gasteiger partial charge in [-0.05, 0) is 31.0 Å². The zero-order chi connectivity index (χ0) is 16.1.